The predicted octanol–water partition coefficient (Wildman–Crippen LogP) is 11.6. The van der Waals surface area contributed by atoms with Crippen molar-refractivity contribution in [3.05, 3.63) is 174 Å². The second-order valence-electron chi connectivity index (χ2n) is 11.0. The summed E-state index contributed by atoms with van der Waals surface area (Å²) in [5.41, 5.74) is 12.0. The minimum Gasteiger partial charge on any atom is -0.497 e. The molecule has 0 saturated heterocycles. The minimum atomic E-state index is 0.863. The van der Waals surface area contributed by atoms with Gasteiger partial charge in [0, 0.05) is 34.1 Å². The molecule has 6 rings (SSSR count). The molecule has 0 atom stereocenters. The van der Waals surface area contributed by atoms with E-state index in [1.54, 1.807) is 7.11 Å². The Morgan fingerprint density at radius 3 is 0.841 bits per heavy atom. The summed E-state index contributed by atoms with van der Waals surface area (Å²) < 4.78 is 5.27. The number of hydrogen-bond donors (Lipinski definition) is 0. The highest BCUT2D eigenvalue weighted by molar-refractivity contribution is 5.77. The number of hydrogen-bond acceptors (Lipinski definition) is 3. The SMILES string of the molecule is COc1ccc(N(c2ccc(C)cc2)c2ccc(C)cc2)cc1.Cc1ccc(N(c2ccccc2)c2ccc(C)cc2)cc1. The Morgan fingerprint density at radius 2 is 0.568 bits per heavy atom. The molecule has 0 aliphatic carbocycles. The van der Waals surface area contributed by atoms with Crippen molar-refractivity contribution >= 4 is 34.1 Å². The lowest BCUT2D eigenvalue weighted by Gasteiger charge is -2.25. The topological polar surface area (TPSA) is 15.7 Å². The van der Waals surface area contributed by atoms with E-state index in [2.05, 4.69) is 171 Å². The van der Waals surface area contributed by atoms with Gasteiger partial charge in [-0.15, -0.1) is 0 Å². The zero-order valence-corrected chi connectivity index (χ0v) is 26.2. The molecule has 0 radical (unpaired) electrons. The van der Waals surface area contributed by atoms with E-state index in [0.717, 1.165) is 22.8 Å². The average Bonchev–Trinajstić information content (AvgIpc) is 3.06. The van der Waals surface area contributed by atoms with Crippen LogP contribution in [0.15, 0.2) is 152 Å². The van der Waals surface area contributed by atoms with Crippen LogP contribution < -0.4 is 14.5 Å². The molecule has 6 aromatic carbocycles. The summed E-state index contributed by atoms with van der Waals surface area (Å²) in [5.74, 6) is 0.863. The van der Waals surface area contributed by atoms with Crippen molar-refractivity contribution in [2.45, 2.75) is 27.7 Å². The first-order chi connectivity index (χ1) is 21.4. The van der Waals surface area contributed by atoms with E-state index in [0.29, 0.717) is 0 Å². The Hall–Kier alpha value is -5.28. The molecule has 0 unspecified atom stereocenters. The number of aryl methyl sites for hydroxylation is 4. The summed E-state index contributed by atoms with van der Waals surface area (Å²) in [6, 6.07) is 53.1. The molecule has 0 bridgehead atoms. The molecule has 0 aromatic heterocycles. The molecule has 220 valence electrons. The van der Waals surface area contributed by atoms with Crippen LogP contribution in [0, 0.1) is 27.7 Å². The van der Waals surface area contributed by atoms with Crippen LogP contribution in [0.1, 0.15) is 22.3 Å². The van der Waals surface area contributed by atoms with E-state index < -0.39 is 0 Å². The van der Waals surface area contributed by atoms with Crippen molar-refractivity contribution in [2.24, 2.45) is 0 Å². The van der Waals surface area contributed by atoms with Gasteiger partial charge in [-0.05, 0) is 113 Å². The molecule has 0 amide bonds. The monoisotopic (exact) mass is 576 g/mol. The predicted molar refractivity (Wildman–Crippen MR) is 188 cm³/mol. The maximum atomic E-state index is 5.27. The summed E-state index contributed by atoms with van der Waals surface area (Å²) >= 11 is 0. The standard InChI is InChI=1S/C21H21NO.C20H19N/c1-16-4-8-18(9-5-16)22(19-10-6-17(2)7-11-19)20-12-14-21(23-3)15-13-20;1-16-8-12-19(13-9-16)21(18-6-4-3-5-7-18)20-14-10-17(2)11-15-20/h4-15H,1-3H3;3-15H,1-2H3. The first-order valence-corrected chi connectivity index (χ1v) is 15.0. The van der Waals surface area contributed by atoms with Gasteiger partial charge >= 0.3 is 0 Å². The van der Waals surface area contributed by atoms with Crippen molar-refractivity contribution < 1.29 is 4.74 Å². The van der Waals surface area contributed by atoms with E-state index in [1.165, 1.54) is 39.3 Å². The van der Waals surface area contributed by atoms with Gasteiger partial charge in [0.05, 0.1) is 7.11 Å². The molecule has 3 nitrogen and oxygen atoms in total. The number of benzene rings is 6. The van der Waals surface area contributed by atoms with Crippen molar-refractivity contribution in [3.63, 3.8) is 0 Å². The highest BCUT2D eigenvalue weighted by Crippen LogP contribution is 2.36. The minimum absolute atomic E-state index is 0.863. The molecule has 0 saturated carbocycles. The lowest BCUT2D eigenvalue weighted by atomic mass is 10.1. The van der Waals surface area contributed by atoms with E-state index >= 15 is 0 Å². The summed E-state index contributed by atoms with van der Waals surface area (Å²) in [4.78, 5) is 4.52. The maximum absolute atomic E-state index is 5.27. The normalized spacial score (nSPS) is 10.4. The number of ether oxygens (including phenoxy) is 1. The molecule has 3 heteroatoms. The summed E-state index contributed by atoms with van der Waals surface area (Å²) in [7, 11) is 1.69. The second-order valence-corrected chi connectivity index (χ2v) is 11.0. The van der Waals surface area contributed by atoms with Crippen LogP contribution in [0.25, 0.3) is 0 Å². The fourth-order valence-corrected chi connectivity index (χ4v) is 4.98. The Bertz CT molecular complexity index is 1630. The molecule has 44 heavy (non-hydrogen) atoms. The fourth-order valence-electron chi connectivity index (χ4n) is 4.98. The Balaban J connectivity index is 0.000000175. The third kappa shape index (κ3) is 7.56. The summed E-state index contributed by atoms with van der Waals surface area (Å²) in [6.07, 6.45) is 0. The second kappa shape index (κ2) is 14.3. The highest BCUT2D eigenvalue weighted by atomic mass is 16.5. The van der Waals surface area contributed by atoms with Crippen molar-refractivity contribution in [1.29, 1.82) is 0 Å². The van der Waals surface area contributed by atoms with Crippen LogP contribution in [0.2, 0.25) is 0 Å². The van der Waals surface area contributed by atoms with Gasteiger partial charge in [-0.3, -0.25) is 0 Å². The van der Waals surface area contributed by atoms with Gasteiger partial charge < -0.3 is 14.5 Å². The molecular formula is C41H40N2O. The smallest absolute Gasteiger partial charge is 0.119 e. The van der Waals surface area contributed by atoms with Crippen LogP contribution in [0.5, 0.6) is 5.75 Å². The largest absolute Gasteiger partial charge is 0.497 e. The fraction of sp³-hybridized carbons (Fsp3) is 0.122. The molecule has 0 N–H and O–H groups in total. The number of methoxy groups -OCH3 is 1. The van der Waals surface area contributed by atoms with Crippen LogP contribution in [-0.4, -0.2) is 7.11 Å². The molecule has 6 aromatic rings. The zero-order valence-electron chi connectivity index (χ0n) is 26.2. The number of para-hydroxylation sites is 1. The Morgan fingerprint density at radius 1 is 0.318 bits per heavy atom. The third-order valence-corrected chi connectivity index (χ3v) is 7.51. The van der Waals surface area contributed by atoms with Crippen LogP contribution >= 0.6 is 0 Å². The van der Waals surface area contributed by atoms with Gasteiger partial charge in [0.2, 0.25) is 0 Å². The van der Waals surface area contributed by atoms with Gasteiger partial charge in [-0.25, -0.2) is 0 Å². The van der Waals surface area contributed by atoms with Crippen LogP contribution in [-0.2, 0) is 0 Å². The van der Waals surface area contributed by atoms with Gasteiger partial charge in [-0.2, -0.15) is 0 Å². The van der Waals surface area contributed by atoms with Crippen LogP contribution in [0.3, 0.4) is 0 Å². The van der Waals surface area contributed by atoms with Gasteiger partial charge in [0.15, 0.2) is 0 Å². The summed E-state index contributed by atoms with van der Waals surface area (Å²) in [6.45, 7) is 8.44. The number of nitrogens with zero attached hydrogens (tertiary/aromatic N) is 2. The van der Waals surface area contributed by atoms with Crippen LogP contribution in [0.4, 0.5) is 34.1 Å². The van der Waals surface area contributed by atoms with Crippen molar-refractivity contribution in [3.8, 4) is 5.75 Å². The van der Waals surface area contributed by atoms with E-state index in [-0.39, 0.29) is 0 Å². The molecule has 0 spiro atoms. The average molecular weight is 577 g/mol. The van der Waals surface area contributed by atoms with Crippen molar-refractivity contribution in [2.75, 3.05) is 16.9 Å². The molecule has 0 heterocycles. The highest BCUT2D eigenvalue weighted by Gasteiger charge is 2.13. The Kier molecular flexibility index (Phi) is 9.78. The molecule has 0 fully saturated rings. The molecular weight excluding hydrogens is 536 g/mol. The van der Waals surface area contributed by atoms with E-state index in [1.807, 2.05) is 18.2 Å². The lowest BCUT2D eigenvalue weighted by molar-refractivity contribution is 0.415. The third-order valence-electron chi connectivity index (χ3n) is 7.51. The van der Waals surface area contributed by atoms with E-state index in [9.17, 15) is 0 Å². The first kappa shape index (κ1) is 30.2. The molecule has 0 aliphatic rings. The van der Waals surface area contributed by atoms with Crippen molar-refractivity contribution in [1.82, 2.24) is 0 Å². The zero-order chi connectivity index (χ0) is 30.9. The maximum Gasteiger partial charge on any atom is 0.119 e. The molecule has 0 aliphatic heterocycles. The van der Waals surface area contributed by atoms with E-state index in [4.69, 9.17) is 4.74 Å². The lowest BCUT2D eigenvalue weighted by Crippen LogP contribution is -2.09. The van der Waals surface area contributed by atoms with Gasteiger partial charge in [0.25, 0.3) is 0 Å². The van der Waals surface area contributed by atoms with Gasteiger partial charge in [-0.1, -0.05) is 89.0 Å². The number of anilines is 6. The first-order valence-electron chi connectivity index (χ1n) is 15.0. The number of rotatable bonds is 7. The summed E-state index contributed by atoms with van der Waals surface area (Å²) in [5, 5.41) is 0. The quantitative estimate of drug-likeness (QED) is 0.188. The Labute approximate surface area is 262 Å². The van der Waals surface area contributed by atoms with Gasteiger partial charge in [0.1, 0.15) is 5.75 Å².